The van der Waals surface area contributed by atoms with Gasteiger partial charge in [0.25, 0.3) is 0 Å². The first kappa shape index (κ1) is 12.1. The summed E-state index contributed by atoms with van der Waals surface area (Å²) in [4.78, 5) is 2.11. The Morgan fingerprint density at radius 2 is 2.06 bits per heavy atom. The summed E-state index contributed by atoms with van der Waals surface area (Å²) in [5.41, 5.74) is 1.14. The molecule has 92 valence electrons. The summed E-state index contributed by atoms with van der Waals surface area (Å²) < 4.78 is 12.9. The molecule has 0 amide bonds. The van der Waals surface area contributed by atoms with Gasteiger partial charge in [-0.3, -0.25) is 4.90 Å². The highest BCUT2D eigenvalue weighted by molar-refractivity contribution is 5.22. The van der Waals surface area contributed by atoms with E-state index in [-0.39, 0.29) is 17.6 Å². The minimum atomic E-state index is -0.204. The Hall–Kier alpha value is -1.35. The molecule has 2 atom stereocenters. The Morgan fingerprint density at radius 3 is 2.65 bits per heavy atom. The van der Waals surface area contributed by atoms with Crippen molar-refractivity contribution in [3.63, 3.8) is 0 Å². The smallest absolute Gasteiger partial charge is 0.123 e. The van der Waals surface area contributed by atoms with E-state index in [1.54, 1.807) is 0 Å². The zero-order valence-electron chi connectivity index (χ0n) is 10.1. The summed E-state index contributed by atoms with van der Waals surface area (Å²) in [5.74, 6) is 0.393. The molecule has 2 rings (SSSR count). The summed E-state index contributed by atoms with van der Waals surface area (Å²) in [6.07, 6.45) is 1.88. The van der Waals surface area contributed by atoms with Crippen LogP contribution in [0.2, 0.25) is 0 Å². The molecule has 17 heavy (non-hydrogen) atoms. The third-order valence-electron chi connectivity index (χ3n) is 3.60. The number of piperidine rings is 1. The van der Waals surface area contributed by atoms with Gasteiger partial charge in [-0.05, 0) is 50.0 Å². The zero-order chi connectivity index (χ0) is 12.4. The second-order valence-electron chi connectivity index (χ2n) is 4.76. The number of aliphatic hydroxyl groups is 1. The van der Waals surface area contributed by atoms with Crippen molar-refractivity contribution in [2.45, 2.75) is 24.8 Å². The van der Waals surface area contributed by atoms with Crippen LogP contribution in [0, 0.1) is 5.82 Å². The van der Waals surface area contributed by atoms with Gasteiger partial charge in [0.1, 0.15) is 11.6 Å². The highest BCUT2D eigenvalue weighted by Gasteiger charge is 2.28. The predicted octanol–water partition coefficient (Wildman–Crippen LogP) is 3.08. The van der Waals surface area contributed by atoms with Crippen molar-refractivity contribution in [2.24, 2.45) is 0 Å². The number of hydrogen-bond acceptors (Lipinski definition) is 2. The predicted molar refractivity (Wildman–Crippen MR) is 66.6 cm³/mol. The maximum Gasteiger partial charge on any atom is 0.123 e. The maximum atomic E-state index is 12.9. The van der Waals surface area contributed by atoms with Crippen molar-refractivity contribution >= 4 is 0 Å². The number of nitrogens with zero attached hydrogens (tertiary/aromatic N) is 1. The molecule has 0 saturated carbocycles. The molecule has 1 aliphatic rings. The highest BCUT2D eigenvalue weighted by Crippen LogP contribution is 2.32. The Kier molecular flexibility index (Phi) is 3.48. The number of aliphatic hydroxyl groups excluding tert-OH is 1. The first-order valence-corrected chi connectivity index (χ1v) is 5.91. The Balaban J connectivity index is 2.13. The minimum absolute atomic E-state index is 0.0128. The van der Waals surface area contributed by atoms with Crippen LogP contribution in [0.4, 0.5) is 4.39 Å². The van der Waals surface area contributed by atoms with E-state index < -0.39 is 0 Å². The van der Waals surface area contributed by atoms with Crippen molar-refractivity contribution < 1.29 is 9.50 Å². The van der Waals surface area contributed by atoms with Crippen LogP contribution in [0.5, 0.6) is 0 Å². The summed E-state index contributed by atoms with van der Waals surface area (Å²) in [6.45, 7) is 4.55. The molecule has 0 bridgehead atoms. The topological polar surface area (TPSA) is 23.5 Å². The average Bonchev–Trinajstić information content (AvgIpc) is 2.30. The number of likely N-dealkylation sites (N-methyl/N-ethyl adjacent to an activating group) is 1. The lowest BCUT2D eigenvalue weighted by molar-refractivity contribution is 0.153. The van der Waals surface area contributed by atoms with Crippen LogP contribution in [0.15, 0.2) is 36.6 Å². The van der Waals surface area contributed by atoms with E-state index in [0.29, 0.717) is 5.92 Å². The molecule has 2 nitrogen and oxygen atoms in total. The summed E-state index contributed by atoms with van der Waals surface area (Å²) in [7, 11) is 1.99. The highest BCUT2D eigenvalue weighted by atomic mass is 19.1. The molecular formula is C14H18FNO. The first-order chi connectivity index (χ1) is 8.08. The molecule has 1 aromatic carbocycles. The van der Waals surface area contributed by atoms with Crippen molar-refractivity contribution in [2.75, 3.05) is 13.6 Å². The fourth-order valence-electron chi connectivity index (χ4n) is 2.51. The summed E-state index contributed by atoms with van der Waals surface area (Å²) >= 11 is 0. The number of halogens is 1. The molecular weight excluding hydrogens is 217 g/mol. The van der Waals surface area contributed by atoms with E-state index in [2.05, 4.69) is 11.5 Å². The van der Waals surface area contributed by atoms with Gasteiger partial charge in [0.15, 0.2) is 0 Å². The van der Waals surface area contributed by atoms with Gasteiger partial charge in [-0.25, -0.2) is 4.39 Å². The second-order valence-corrected chi connectivity index (χ2v) is 4.76. The van der Waals surface area contributed by atoms with Gasteiger partial charge < -0.3 is 5.11 Å². The molecule has 1 N–H and O–H groups in total. The van der Waals surface area contributed by atoms with Gasteiger partial charge in [0, 0.05) is 0 Å². The molecule has 1 saturated heterocycles. The van der Waals surface area contributed by atoms with Gasteiger partial charge in [0.2, 0.25) is 0 Å². The molecule has 0 aliphatic carbocycles. The van der Waals surface area contributed by atoms with Crippen LogP contribution in [0.1, 0.15) is 24.3 Å². The van der Waals surface area contributed by atoms with Crippen molar-refractivity contribution in [1.29, 1.82) is 0 Å². The van der Waals surface area contributed by atoms with Crippen LogP contribution in [0.25, 0.3) is 0 Å². The Labute approximate surface area is 101 Å². The standard InChI is InChI=1S/C14H18FNO/c1-10(17)14-9-12(7-8-16(14)2)11-3-5-13(15)6-4-11/h3-6,12,14,17H,1,7-9H2,2H3/t12-,14+/m0/s1. The molecule has 1 aromatic rings. The monoisotopic (exact) mass is 235 g/mol. The molecule has 0 unspecified atom stereocenters. The zero-order valence-corrected chi connectivity index (χ0v) is 10.1. The largest absolute Gasteiger partial charge is 0.511 e. The quantitative estimate of drug-likeness (QED) is 0.796. The Bertz CT molecular complexity index is 401. The minimum Gasteiger partial charge on any atom is -0.511 e. The maximum absolute atomic E-state index is 12.9. The van der Waals surface area contributed by atoms with E-state index in [4.69, 9.17) is 0 Å². The molecule has 1 fully saturated rings. The van der Waals surface area contributed by atoms with E-state index in [1.165, 1.54) is 12.1 Å². The van der Waals surface area contributed by atoms with Gasteiger partial charge in [-0.2, -0.15) is 0 Å². The average molecular weight is 235 g/mol. The van der Waals surface area contributed by atoms with Crippen LogP contribution in [-0.4, -0.2) is 29.6 Å². The van der Waals surface area contributed by atoms with Gasteiger partial charge in [0.05, 0.1) is 6.04 Å². The lowest BCUT2D eigenvalue weighted by Crippen LogP contribution is -2.40. The van der Waals surface area contributed by atoms with Crippen LogP contribution in [-0.2, 0) is 0 Å². The van der Waals surface area contributed by atoms with Gasteiger partial charge >= 0.3 is 0 Å². The lowest BCUT2D eigenvalue weighted by Gasteiger charge is -2.36. The van der Waals surface area contributed by atoms with Crippen molar-refractivity contribution in [1.82, 2.24) is 4.90 Å². The lowest BCUT2D eigenvalue weighted by atomic mass is 9.85. The molecule has 3 heteroatoms. The first-order valence-electron chi connectivity index (χ1n) is 5.91. The van der Waals surface area contributed by atoms with Crippen LogP contribution in [0.3, 0.4) is 0 Å². The van der Waals surface area contributed by atoms with E-state index in [0.717, 1.165) is 24.9 Å². The van der Waals surface area contributed by atoms with E-state index in [9.17, 15) is 9.50 Å². The molecule has 1 heterocycles. The second kappa shape index (κ2) is 4.88. The number of hydrogen-bond donors (Lipinski definition) is 1. The molecule has 1 aliphatic heterocycles. The normalized spacial score (nSPS) is 25.8. The van der Waals surface area contributed by atoms with E-state index in [1.807, 2.05) is 19.2 Å². The SMILES string of the molecule is C=C(O)[C@H]1C[C@@H](c2ccc(F)cc2)CCN1C. The van der Waals surface area contributed by atoms with Crippen molar-refractivity contribution in [3.8, 4) is 0 Å². The fourth-order valence-corrected chi connectivity index (χ4v) is 2.51. The van der Waals surface area contributed by atoms with Crippen molar-refractivity contribution in [3.05, 3.63) is 48.0 Å². The Morgan fingerprint density at radius 1 is 1.41 bits per heavy atom. The number of rotatable bonds is 2. The summed E-state index contributed by atoms with van der Waals surface area (Å²) in [6, 6.07) is 6.68. The molecule has 0 radical (unpaired) electrons. The third kappa shape index (κ3) is 2.67. The molecule has 0 aromatic heterocycles. The fraction of sp³-hybridized carbons (Fsp3) is 0.429. The van der Waals surface area contributed by atoms with Gasteiger partial charge in [-0.15, -0.1) is 0 Å². The third-order valence-corrected chi connectivity index (χ3v) is 3.60. The van der Waals surface area contributed by atoms with Gasteiger partial charge in [-0.1, -0.05) is 18.7 Å². The van der Waals surface area contributed by atoms with E-state index >= 15 is 0 Å². The number of likely N-dealkylation sites (tertiary alicyclic amines) is 1. The number of benzene rings is 1. The summed E-state index contributed by atoms with van der Waals surface area (Å²) in [5, 5.41) is 9.56. The van der Waals surface area contributed by atoms with Crippen LogP contribution >= 0.6 is 0 Å². The van der Waals surface area contributed by atoms with Crippen LogP contribution < -0.4 is 0 Å². The molecule has 0 spiro atoms.